The number of rotatable bonds is 2. The van der Waals surface area contributed by atoms with Crippen molar-refractivity contribution in [1.82, 2.24) is 0 Å². The van der Waals surface area contributed by atoms with E-state index in [4.69, 9.17) is 10.2 Å². The predicted molar refractivity (Wildman–Crippen MR) is 58.7 cm³/mol. The van der Waals surface area contributed by atoms with Gasteiger partial charge in [0, 0.05) is 6.42 Å². The van der Waals surface area contributed by atoms with Gasteiger partial charge in [-0.05, 0) is 35.4 Å². The first kappa shape index (κ1) is 9.59. The van der Waals surface area contributed by atoms with Crippen LogP contribution in [0.3, 0.4) is 0 Å². The van der Waals surface area contributed by atoms with E-state index in [1.165, 1.54) is 0 Å². The summed E-state index contributed by atoms with van der Waals surface area (Å²) in [5.74, 6) is 0.524. The third kappa shape index (κ3) is 2.50. The normalized spacial score (nSPS) is 10.1. The number of benzene rings is 2. The maximum absolute atomic E-state index is 9.11. The number of phenolic OH excluding ortho intramolecular Hbond substituents is 2. The zero-order chi connectivity index (χ0) is 10.7. The van der Waals surface area contributed by atoms with Crippen molar-refractivity contribution in [2.45, 2.75) is 0 Å². The molecule has 2 N–H and O–H groups in total. The van der Waals surface area contributed by atoms with Gasteiger partial charge in [-0.3, -0.25) is 0 Å². The molecule has 0 aliphatic rings. The van der Waals surface area contributed by atoms with E-state index in [-0.39, 0.29) is 11.5 Å². The fraction of sp³-hybridized carbons (Fsp3) is 0. The molecule has 0 bridgehead atoms. The van der Waals surface area contributed by atoms with Gasteiger partial charge in [0.05, 0.1) is 0 Å². The Hall–Kier alpha value is -1.96. The molecular formula is C13H11O2. The smallest absolute Gasteiger partial charge is 0.115 e. The molecule has 15 heavy (non-hydrogen) atoms. The van der Waals surface area contributed by atoms with Crippen molar-refractivity contribution in [1.29, 1.82) is 0 Å². The maximum atomic E-state index is 9.11. The van der Waals surface area contributed by atoms with Crippen LogP contribution in [-0.4, -0.2) is 10.2 Å². The molecule has 1 radical (unpaired) electrons. The number of hydrogen-bond acceptors (Lipinski definition) is 2. The Morgan fingerprint density at radius 2 is 0.933 bits per heavy atom. The first-order chi connectivity index (χ1) is 7.24. The lowest BCUT2D eigenvalue weighted by molar-refractivity contribution is 0.475. The van der Waals surface area contributed by atoms with Gasteiger partial charge in [0.25, 0.3) is 0 Å². The molecule has 2 aromatic rings. The van der Waals surface area contributed by atoms with Gasteiger partial charge in [0.2, 0.25) is 0 Å². The molecule has 0 aliphatic heterocycles. The molecule has 0 spiro atoms. The summed E-state index contributed by atoms with van der Waals surface area (Å²) in [6, 6.07) is 13.9. The molecule has 75 valence electrons. The lowest BCUT2D eigenvalue weighted by Gasteiger charge is -2.01. The van der Waals surface area contributed by atoms with Gasteiger partial charge in [-0.1, -0.05) is 24.3 Å². The molecule has 2 heteroatoms. The molecule has 0 saturated heterocycles. The summed E-state index contributed by atoms with van der Waals surface area (Å²) < 4.78 is 0. The van der Waals surface area contributed by atoms with Crippen molar-refractivity contribution in [3.8, 4) is 11.5 Å². The van der Waals surface area contributed by atoms with E-state index in [2.05, 4.69) is 0 Å². The molecule has 0 aromatic heterocycles. The zero-order valence-electron chi connectivity index (χ0n) is 8.09. The van der Waals surface area contributed by atoms with Gasteiger partial charge < -0.3 is 10.2 Å². The fourth-order valence-electron chi connectivity index (χ4n) is 1.33. The lowest BCUT2D eigenvalue weighted by Crippen LogP contribution is -1.83. The second-order valence-corrected chi connectivity index (χ2v) is 3.33. The Labute approximate surface area is 88.4 Å². The van der Waals surface area contributed by atoms with Crippen molar-refractivity contribution in [3.05, 3.63) is 66.1 Å². The highest BCUT2D eigenvalue weighted by atomic mass is 16.3. The molecular weight excluding hydrogens is 188 g/mol. The Morgan fingerprint density at radius 1 is 0.600 bits per heavy atom. The van der Waals surface area contributed by atoms with E-state index in [1.54, 1.807) is 24.3 Å². The Bertz CT molecular complexity index is 386. The minimum atomic E-state index is 0.262. The summed E-state index contributed by atoms with van der Waals surface area (Å²) in [5.41, 5.74) is 2.02. The van der Waals surface area contributed by atoms with Gasteiger partial charge in [0.15, 0.2) is 0 Å². The van der Waals surface area contributed by atoms with Gasteiger partial charge >= 0.3 is 0 Å². The van der Waals surface area contributed by atoms with Crippen LogP contribution in [-0.2, 0) is 0 Å². The van der Waals surface area contributed by atoms with Crippen molar-refractivity contribution < 1.29 is 10.2 Å². The average Bonchev–Trinajstić information content (AvgIpc) is 2.25. The Kier molecular flexibility index (Phi) is 2.59. The highest BCUT2D eigenvalue weighted by molar-refractivity contribution is 5.40. The van der Waals surface area contributed by atoms with Gasteiger partial charge in [0.1, 0.15) is 11.5 Å². The highest BCUT2D eigenvalue weighted by Crippen LogP contribution is 2.17. The SMILES string of the molecule is Oc1ccc([CH]c2ccc(O)cc2)cc1. The quantitative estimate of drug-likeness (QED) is 0.780. The van der Waals surface area contributed by atoms with Gasteiger partial charge in [-0.2, -0.15) is 0 Å². The minimum Gasteiger partial charge on any atom is -0.508 e. The zero-order valence-corrected chi connectivity index (χ0v) is 8.09. The molecule has 0 atom stereocenters. The van der Waals surface area contributed by atoms with E-state index in [1.807, 2.05) is 30.7 Å². The average molecular weight is 199 g/mol. The largest absolute Gasteiger partial charge is 0.508 e. The van der Waals surface area contributed by atoms with E-state index >= 15 is 0 Å². The third-order valence-electron chi connectivity index (χ3n) is 2.12. The summed E-state index contributed by atoms with van der Waals surface area (Å²) in [6.07, 6.45) is 1.97. The minimum absolute atomic E-state index is 0.262. The second-order valence-electron chi connectivity index (χ2n) is 3.33. The van der Waals surface area contributed by atoms with E-state index in [0.717, 1.165) is 11.1 Å². The molecule has 0 amide bonds. The van der Waals surface area contributed by atoms with Crippen molar-refractivity contribution in [3.63, 3.8) is 0 Å². The molecule has 0 unspecified atom stereocenters. The van der Waals surface area contributed by atoms with Crippen LogP contribution < -0.4 is 0 Å². The molecule has 0 saturated carbocycles. The highest BCUT2D eigenvalue weighted by Gasteiger charge is 1.97. The number of hydrogen-bond donors (Lipinski definition) is 2. The summed E-state index contributed by atoms with van der Waals surface area (Å²) in [5, 5.41) is 18.2. The van der Waals surface area contributed by atoms with Crippen molar-refractivity contribution >= 4 is 0 Å². The maximum Gasteiger partial charge on any atom is 0.115 e. The topological polar surface area (TPSA) is 40.5 Å². The van der Waals surface area contributed by atoms with Crippen LogP contribution in [0.4, 0.5) is 0 Å². The first-order valence-corrected chi connectivity index (χ1v) is 4.67. The van der Waals surface area contributed by atoms with Crippen LogP contribution in [0, 0.1) is 6.42 Å². The van der Waals surface area contributed by atoms with Crippen LogP contribution in [0.5, 0.6) is 11.5 Å². The third-order valence-corrected chi connectivity index (χ3v) is 2.12. The summed E-state index contributed by atoms with van der Waals surface area (Å²) >= 11 is 0. The van der Waals surface area contributed by atoms with Crippen LogP contribution in [0.25, 0.3) is 0 Å². The lowest BCUT2D eigenvalue weighted by atomic mass is 10.1. The molecule has 0 aliphatic carbocycles. The first-order valence-electron chi connectivity index (χ1n) is 4.67. The van der Waals surface area contributed by atoms with E-state index < -0.39 is 0 Å². The second kappa shape index (κ2) is 4.05. The monoisotopic (exact) mass is 199 g/mol. The van der Waals surface area contributed by atoms with E-state index in [0.29, 0.717) is 0 Å². The molecule has 2 aromatic carbocycles. The summed E-state index contributed by atoms with van der Waals surface area (Å²) in [6.45, 7) is 0. The van der Waals surface area contributed by atoms with Crippen LogP contribution in [0.15, 0.2) is 48.5 Å². The number of phenols is 2. The van der Waals surface area contributed by atoms with E-state index in [9.17, 15) is 0 Å². The summed E-state index contributed by atoms with van der Waals surface area (Å²) in [7, 11) is 0. The standard InChI is InChI=1S/C13H11O2/c14-12-5-1-10(2-6-12)9-11-3-7-13(15)8-4-11/h1-9,14-15H. The molecule has 0 heterocycles. The number of aromatic hydroxyl groups is 2. The molecule has 2 nitrogen and oxygen atoms in total. The Morgan fingerprint density at radius 3 is 1.27 bits per heavy atom. The summed E-state index contributed by atoms with van der Waals surface area (Å²) in [4.78, 5) is 0. The van der Waals surface area contributed by atoms with Crippen LogP contribution in [0.1, 0.15) is 11.1 Å². The Balaban J connectivity index is 2.15. The van der Waals surface area contributed by atoms with Gasteiger partial charge in [-0.15, -0.1) is 0 Å². The van der Waals surface area contributed by atoms with Crippen LogP contribution >= 0.6 is 0 Å². The fourth-order valence-corrected chi connectivity index (χ4v) is 1.33. The van der Waals surface area contributed by atoms with Crippen molar-refractivity contribution in [2.24, 2.45) is 0 Å². The predicted octanol–water partition coefficient (Wildman–Crippen LogP) is 2.70. The van der Waals surface area contributed by atoms with Crippen molar-refractivity contribution in [2.75, 3.05) is 0 Å². The molecule has 2 rings (SSSR count). The van der Waals surface area contributed by atoms with Gasteiger partial charge in [-0.25, -0.2) is 0 Å². The van der Waals surface area contributed by atoms with Crippen LogP contribution in [0.2, 0.25) is 0 Å². The molecule has 0 fully saturated rings.